The summed E-state index contributed by atoms with van der Waals surface area (Å²) in [6, 6.07) is 0. The molecule has 2 saturated heterocycles. The Morgan fingerprint density at radius 3 is 3.30 bits per heavy atom. The Morgan fingerprint density at radius 2 is 2.60 bits per heavy atom. The fourth-order valence-corrected chi connectivity index (χ4v) is 2.02. The first kappa shape index (κ1) is 6.58. The summed E-state index contributed by atoms with van der Waals surface area (Å²) in [5, 5.41) is 3.31. The molecule has 2 aliphatic heterocycles. The Hall–Kier alpha value is -0.120. The molecule has 2 atom stereocenters. The van der Waals surface area contributed by atoms with E-state index in [-0.39, 0.29) is 5.60 Å². The van der Waals surface area contributed by atoms with E-state index in [9.17, 15) is 0 Å². The molecule has 58 valence electrons. The summed E-state index contributed by atoms with van der Waals surface area (Å²) in [5.74, 6) is 0.678. The molecule has 3 N–H and O–H groups in total. The smallest absolute Gasteiger partial charge is 0.0968 e. The van der Waals surface area contributed by atoms with Crippen molar-refractivity contribution in [3.8, 4) is 0 Å². The van der Waals surface area contributed by atoms with Gasteiger partial charge in [0.15, 0.2) is 0 Å². The lowest BCUT2D eigenvalue weighted by Crippen LogP contribution is -2.43. The van der Waals surface area contributed by atoms with Gasteiger partial charge in [-0.2, -0.15) is 0 Å². The molecule has 0 bridgehead atoms. The normalized spacial score (nSPS) is 45.9. The highest BCUT2D eigenvalue weighted by Crippen LogP contribution is 2.33. The minimum absolute atomic E-state index is 0.0139. The third kappa shape index (κ3) is 0.713. The van der Waals surface area contributed by atoms with E-state index in [1.165, 1.54) is 6.42 Å². The average molecular weight is 142 g/mol. The quantitative estimate of drug-likeness (QED) is 0.510. The van der Waals surface area contributed by atoms with E-state index < -0.39 is 0 Å². The Morgan fingerprint density at radius 1 is 1.70 bits per heavy atom. The third-order valence-corrected chi connectivity index (χ3v) is 2.76. The van der Waals surface area contributed by atoms with Crippen molar-refractivity contribution in [2.24, 2.45) is 11.7 Å². The Balaban J connectivity index is 2.15. The van der Waals surface area contributed by atoms with Crippen LogP contribution in [0.5, 0.6) is 0 Å². The fraction of sp³-hybridized carbons (Fsp3) is 1.00. The van der Waals surface area contributed by atoms with Crippen LogP contribution >= 0.6 is 0 Å². The van der Waals surface area contributed by atoms with Crippen LogP contribution in [0.2, 0.25) is 0 Å². The van der Waals surface area contributed by atoms with Crippen molar-refractivity contribution in [2.45, 2.75) is 12.0 Å². The molecule has 0 spiro atoms. The topological polar surface area (TPSA) is 47.3 Å². The minimum Gasteiger partial charge on any atom is -0.372 e. The molecular formula is C7H14N2O. The van der Waals surface area contributed by atoms with Gasteiger partial charge in [0.05, 0.1) is 5.60 Å². The van der Waals surface area contributed by atoms with Gasteiger partial charge in [0, 0.05) is 32.2 Å². The van der Waals surface area contributed by atoms with Crippen molar-refractivity contribution < 1.29 is 4.74 Å². The largest absolute Gasteiger partial charge is 0.372 e. The summed E-state index contributed by atoms with van der Waals surface area (Å²) >= 11 is 0. The van der Waals surface area contributed by atoms with Crippen molar-refractivity contribution in [1.82, 2.24) is 5.32 Å². The molecule has 3 nitrogen and oxygen atoms in total. The van der Waals surface area contributed by atoms with Crippen molar-refractivity contribution >= 4 is 0 Å². The molecule has 2 aliphatic rings. The van der Waals surface area contributed by atoms with Crippen LogP contribution in [0.25, 0.3) is 0 Å². The maximum atomic E-state index is 5.64. The molecule has 0 aromatic rings. The van der Waals surface area contributed by atoms with Gasteiger partial charge in [-0.05, 0) is 6.42 Å². The first-order chi connectivity index (χ1) is 4.87. The molecule has 2 fully saturated rings. The van der Waals surface area contributed by atoms with Crippen molar-refractivity contribution in [3.05, 3.63) is 0 Å². The number of nitrogens with two attached hydrogens (primary N) is 1. The van der Waals surface area contributed by atoms with Gasteiger partial charge in [0.2, 0.25) is 0 Å². The summed E-state index contributed by atoms with van der Waals surface area (Å²) in [6.45, 7) is 3.62. The van der Waals surface area contributed by atoms with Gasteiger partial charge in [-0.1, -0.05) is 0 Å². The Labute approximate surface area is 60.9 Å². The van der Waals surface area contributed by atoms with Crippen LogP contribution in [0.4, 0.5) is 0 Å². The lowest BCUT2D eigenvalue weighted by molar-refractivity contribution is 0.0111. The van der Waals surface area contributed by atoms with Crippen molar-refractivity contribution in [3.63, 3.8) is 0 Å². The van der Waals surface area contributed by atoms with Gasteiger partial charge in [-0.25, -0.2) is 0 Å². The lowest BCUT2D eigenvalue weighted by Gasteiger charge is -2.24. The Kier molecular flexibility index (Phi) is 1.44. The Bertz CT molecular complexity index is 128. The molecule has 10 heavy (non-hydrogen) atoms. The van der Waals surface area contributed by atoms with E-state index in [1.54, 1.807) is 0 Å². The summed E-state index contributed by atoms with van der Waals surface area (Å²) in [5.41, 5.74) is 5.66. The van der Waals surface area contributed by atoms with E-state index in [0.29, 0.717) is 12.5 Å². The molecule has 0 radical (unpaired) electrons. The second kappa shape index (κ2) is 2.19. The van der Waals surface area contributed by atoms with Gasteiger partial charge >= 0.3 is 0 Å². The SMILES string of the molecule is NC[C@@]12CNC[C@@H]1CCO2. The predicted molar refractivity (Wildman–Crippen MR) is 38.7 cm³/mol. The van der Waals surface area contributed by atoms with E-state index in [1.807, 2.05) is 0 Å². The fourth-order valence-electron chi connectivity index (χ4n) is 2.02. The minimum atomic E-state index is 0.0139. The standard InChI is InChI=1S/C7H14N2O/c8-4-7-5-9-3-6(7)1-2-10-7/h6,9H,1-5,8H2/t6-,7+/m0/s1. The summed E-state index contributed by atoms with van der Waals surface area (Å²) in [6.07, 6.45) is 1.18. The summed E-state index contributed by atoms with van der Waals surface area (Å²) < 4.78 is 5.63. The monoisotopic (exact) mass is 142 g/mol. The maximum absolute atomic E-state index is 5.64. The molecule has 0 unspecified atom stereocenters. The number of nitrogens with one attached hydrogen (secondary N) is 1. The van der Waals surface area contributed by atoms with Gasteiger partial charge < -0.3 is 15.8 Å². The van der Waals surface area contributed by atoms with Crippen molar-refractivity contribution in [1.29, 1.82) is 0 Å². The van der Waals surface area contributed by atoms with Gasteiger partial charge in [0.25, 0.3) is 0 Å². The number of ether oxygens (including phenoxy) is 1. The van der Waals surface area contributed by atoms with Crippen molar-refractivity contribution in [2.75, 3.05) is 26.2 Å². The highest BCUT2D eigenvalue weighted by atomic mass is 16.5. The zero-order chi connectivity index (χ0) is 7.03. The predicted octanol–water partition coefficient (Wildman–Crippen LogP) is -0.676. The molecule has 2 heterocycles. The van der Waals surface area contributed by atoms with Gasteiger partial charge in [0.1, 0.15) is 0 Å². The number of hydrogen-bond donors (Lipinski definition) is 2. The van der Waals surface area contributed by atoms with Crippen LogP contribution in [0.3, 0.4) is 0 Å². The van der Waals surface area contributed by atoms with Gasteiger partial charge in [-0.3, -0.25) is 0 Å². The summed E-state index contributed by atoms with van der Waals surface area (Å²) in [7, 11) is 0. The van der Waals surface area contributed by atoms with Crippen LogP contribution < -0.4 is 11.1 Å². The number of hydrogen-bond acceptors (Lipinski definition) is 3. The van der Waals surface area contributed by atoms with E-state index >= 15 is 0 Å². The lowest BCUT2D eigenvalue weighted by atomic mass is 9.91. The zero-order valence-corrected chi connectivity index (χ0v) is 6.10. The molecule has 0 amide bonds. The highest BCUT2D eigenvalue weighted by molar-refractivity contribution is 5.01. The molecule has 2 rings (SSSR count). The van der Waals surface area contributed by atoms with Crippen LogP contribution in [-0.4, -0.2) is 31.8 Å². The summed E-state index contributed by atoms with van der Waals surface area (Å²) in [4.78, 5) is 0. The number of fused-ring (bicyclic) bond motifs is 1. The molecular weight excluding hydrogens is 128 g/mol. The maximum Gasteiger partial charge on any atom is 0.0968 e. The average Bonchev–Trinajstić information content (AvgIpc) is 2.42. The second-order valence-electron chi connectivity index (χ2n) is 3.23. The highest BCUT2D eigenvalue weighted by Gasteiger charge is 2.46. The molecule has 0 aromatic heterocycles. The van der Waals surface area contributed by atoms with Crippen LogP contribution in [0, 0.1) is 5.92 Å². The third-order valence-electron chi connectivity index (χ3n) is 2.76. The molecule has 0 aromatic carbocycles. The van der Waals surface area contributed by atoms with Gasteiger partial charge in [-0.15, -0.1) is 0 Å². The first-order valence-electron chi connectivity index (χ1n) is 3.92. The second-order valence-corrected chi connectivity index (χ2v) is 3.23. The van der Waals surface area contributed by atoms with E-state index in [2.05, 4.69) is 5.32 Å². The zero-order valence-electron chi connectivity index (χ0n) is 6.10. The van der Waals surface area contributed by atoms with E-state index in [0.717, 1.165) is 19.7 Å². The molecule has 3 heteroatoms. The van der Waals surface area contributed by atoms with Crippen LogP contribution in [-0.2, 0) is 4.74 Å². The van der Waals surface area contributed by atoms with Crippen LogP contribution in [0.1, 0.15) is 6.42 Å². The van der Waals surface area contributed by atoms with Crippen LogP contribution in [0.15, 0.2) is 0 Å². The van der Waals surface area contributed by atoms with E-state index in [4.69, 9.17) is 10.5 Å². The molecule has 0 saturated carbocycles. The first-order valence-corrected chi connectivity index (χ1v) is 3.92. The number of rotatable bonds is 1. The molecule has 0 aliphatic carbocycles.